The van der Waals surface area contributed by atoms with E-state index in [4.69, 9.17) is 10.5 Å². The molecule has 3 N–H and O–H groups in total. The number of nitrogens with zero attached hydrogens (tertiary/aromatic N) is 1. The lowest BCUT2D eigenvalue weighted by Crippen LogP contribution is -2.24. The predicted octanol–water partition coefficient (Wildman–Crippen LogP) is 0.967. The lowest BCUT2D eigenvalue weighted by Gasteiger charge is -2.07. The Balaban J connectivity index is 2.41. The van der Waals surface area contributed by atoms with Crippen LogP contribution in [0.3, 0.4) is 0 Å². The summed E-state index contributed by atoms with van der Waals surface area (Å²) in [5, 5.41) is 0. The topological polar surface area (TPSA) is 86.3 Å². The monoisotopic (exact) mass is 303 g/mol. The van der Waals surface area contributed by atoms with Crippen LogP contribution >= 0.6 is 0 Å². The van der Waals surface area contributed by atoms with Crippen molar-refractivity contribution in [3.8, 4) is 0 Å². The molecule has 0 unspecified atom stereocenters. The van der Waals surface area contributed by atoms with Crippen molar-refractivity contribution in [1.29, 1.82) is 0 Å². The number of rotatable bonds is 9. The van der Waals surface area contributed by atoms with Gasteiger partial charge in [0.15, 0.2) is 0 Å². The second-order valence-electron chi connectivity index (χ2n) is 5.01. The van der Waals surface area contributed by atoms with Crippen LogP contribution in [0.15, 0.2) is 17.2 Å². The molecule has 7 heteroatoms. The molecule has 0 aliphatic rings. The van der Waals surface area contributed by atoms with Gasteiger partial charge >= 0.3 is 0 Å². The van der Waals surface area contributed by atoms with Gasteiger partial charge in [-0.25, -0.2) is 13.1 Å². The summed E-state index contributed by atoms with van der Waals surface area (Å²) in [7, 11) is -1.66. The van der Waals surface area contributed by atoms with Crippen molar-refractivity contribution in [2.75, 3.05) is 13.2 Å². The van der Waals surface area contributed by atoms with Gasteiger partial charge in [0.05, 0.1) is 11.0 Å². The van der Waals surface area contributed by atoms with Crippen LogP contribution in [0.25, 0.3) is 0 Å². The Morgan fingerprint density at radius 2 is 2.10 bits per heavy atom. The highest BCUT2D eigenvalue weighted by Crippen LogP contribution is 2.12. The Labute approximate surface area is 121 Å². The van der Waals surface area contributed by atoms with Gasteiger partial charge in [0, 0.05) is 38.6 Å². The normalized spacial score (nSPS) is 12.2. The van der Waals surface area contributed by atoms with E-state index in [1.165, 1.54) is 0 Å². The first-order valence-corrected chi connectivity index (χ1v) is 8.31. The predicted molar refractivity (Wildman–Crippen MR) is 78.8 cm³/mol. The molecular weight excluding hydrogens is 278 g/mol. The number of aryl methyl sites for hydroxylation is 1. The summed E-state index contributed by atoms with van der Waals surface area (Å²) in [6.45, 7) is 5.34. The van der Waals surface area contributed by atoms with E-state index in [9.17, 15) is 8.42 Å². The van der Waals surface area contributed by atoms with Crippen LogP contribution in [0.1, 0.15) is 32.4 Å². The van der Waals surface area contributed by atoms with Crippen LogP contribution < -0.4 is 10.5 Å². The summed E-state index contributed by atoms with van der Waals surface area (Å²) in [5.74, 6) is 0. The summed E-state index contributed by atoms with van der Waals surface area (Å²) in [4.78, 5) is 0.263. The van der Waals surface area contributed by atoms with E-state index in [0.29, 0.717) is 19.7 Å². The van der Waals surface area contributed by atoms with Crippen molar-refractivity contribution < 1.29 is 13.2 Å². The first kappa shape index (κ1) is 17.2. The molecule has 0 aliphatic carbocycles. The Morgan fingerprint density at radius 1 is 1.40 bits per heavy atom. The summed E-state index contributed by atoms with van der Waals surface area (Å²) in [5.41, 5.74) is 6.32. The highest BCUT2D eigenvalue weighted by atomic mass is 32.2. The highest BCUT2D eigenvalue weighted by Gasteiger charge is 2.16. The number of sulfonamides is 1. The number of hydrogen-bond donors (Lipinski definition) is 2. The van der Waals surface area contributed by atoms with Crippen molar-refractivity contribution in [2.24, 2.45) is 12.8 Å². The minimum absolute atomic E-state index is 0.214. The maximum absolute atomic E-state index is 12.1. The summed E-state index contributed by atoms with van der Waals surface area (Å²) < 4.78 is 33.8. The molecule has 0 atom stereocenters. The van der Waals surface area contributed by atoms with Gasteiger partial charge in [-0.05, 0) is 32.8 Å². The second-order valence-corrected chi connectivity index (χ2v) is 6.77. The molecule has 6 nitrogen and oxygen atoms in total. The van der Waals surface area contributed by atoms with E-state index in [1.807, 2.05) is 13.8 Å². The van der Waals surface area contributed by atoms with Gasteiger partial charge in [-0.2, -0.15) is 0 Å². The Bertz CT molecular complexity index is 509. The van der Waals surface area contributed by atoms with E-state index in [-0.39, 0.29) is 11.0 Å². The van der Waals surface area contributed by atoms with Gasteiger partial charge in [0.1, 0.15) is 0 Å². The van der Waals surface area contributed by atoms with E-state index in [1.54, 1.807) is 23.9 Å². The number of nitrogens with one attached hydrogen (secondary N) is 1. The third-order valence-corrected chi connectivity index (χ3v) is 4.34. The quantitative estimate of drug-likeness (QED) is 0.666. The number of aromatic nitrogens is 1. The first-order chi connectivity index (χ1) is 9.36. The van der Waals surface area contributed by atoms with E-state index in [0.717, 1.165) is 18.5 Å². The van der Waals surface area contributed by atoms with Gasteiger partial charge in [-0.1, -0.05) is 0 Å². The summed E-state index contributed by atoms with van der Waals surface area (Å²) in [6.07, 6.45) is 3.38. The largest absolute Gasteiger partial charge is 0.379 e. The molecule has 1 heterocycles. The summed E-state index contributed by atoms with van der Waals surface area (Å²) >= 11 is 0. The molecule has 1 rings (SSSR count). The zero-order valence-electron chi connectivity index (χ0n) is 12.4. The number of ether oxygens (including phenoxy) is 1. The molecule has 0 radical (unpaired) electrons. The number of nitrogens with two attached hydrogens (primary N) is 1. The Morgan fingerprint density at radius 3 is 2.65 bits per heavy atom. The minimum Gasteiger partial charge on any atom is -0.379 e. The molecule has 0 spiro atoms. The third-order valence-electron chi connectivity index (χ3n) is 2.92. The van der Waals surface area contributed by atoms with Crippen molar-refractivity contribution in [3.63, 3.8) is 0 Å². The molecule has 0 amide bonds. The first-order valence-electron chi connectivity index (χ1n) is 6.83. The van der Waals surface area contributed by atoms with Crippen LogP contribution in [-0.2, 0) is 28.4 Å². The molecule has 0 saturated heterocycles. The van der Waals surface area contributed by atoms with Gasteiger partial charge in [-0.3, -0.25) is 0 Å². The lowest BCUT2D eigenvalue weighted by atomic mass is 10.3. The molecule has 0 aliphatic heterocycles. The smallest absolute Gasteiger partial charge is 0.242 e. The van der Waals surface area contributed by atoms with Gasteiger partial charge in [0.25, 0.3) is 0 Å². The average molecular weight is 303 g/mol. The van der Waals surface area contributed by atoms with Crippen LogP contribution in [0.2, 0.25) is 0 Å². The van der Waals surface area contributed by atoms with Crippen LogP contribution in [0.4, 0.5) is 0 Å². The van der Waals surface area contributed by atoms with Crippen molar-refractivity contribution in [1.82, 2.24) is 9.29 Å². The molecule has 0 aromatic carbocycles. The molecule has 0 fully saturated rings. The Kier molecular flexibility index (Phi) is 6.67. The molecule has 20 heavy (non-hydrogen) atoms. The van der Waals surface area contributed by atoms with Crippen LogP contribution in [0.5, 0.6) is 0 Å². The zero-order chi connectivity index (χ0) is 15.2. The molecular formula is C13H25N3O3S. The fraction of sp³-hybridized carbons (Fsp3) is 0.692. The average Bonchev–Trinajstić information content (AvgIpc) is 2.75. The summed E-state index contributed by atoms with van der Waals surface area (Å²) in [6, 6.07) is 1.60. The molecule has 1 aromatic rings. The van der Waals surface area contributed by atoms with Crippen LogP contribution in [-0.4, -0.2) is 32.2 Å². The fourth-order valence-electron chi connectivity index (χ4n) is 1.76. The third kappa shape index (κ3) is 5.24. The molecule has 0 saturated carbocycles. The van der Waals surface area contributed by atoms with Crippen molar-refractivity contribution in [3.05, 3.63) is 18.0 Å². The fourth-order valence-corrected chi connectivity index (χ4v) is 2.93. The van der Waals surface area contributed by atoms with Crippen molar-refractivity contribution >= 4 is 10.0 Å². The zero-order valence-corrected chi connectivity index (χ0v) is 13.2. The molecule has 0 bridgehead atoms. The standard InChI is InChI=1S/C13H25N3O3S/c1-11(2)19-7-5-4-6-15-20(17,18)13-8-12(9-14)16(3)10-13/h8,10-11,15H,4-7,9,14H2,1-3H3. The number of unbranched alkanes of at least 4 members (excludes halogenated alkanes) is 1. The second kappa shape index (κ2) is 7.78. The lowest BCUT2D eigenvalue weighted by molar-refractivity contribution is 0.0762. The van der Waals surface area contributed by atoms with Gasteiger partial charge < -0.3 is 15.0 Å². The minimum atomic E-state index is -3.44. The maximum atomic E-state index is 12.1. The van der Waals surface area contributed by atoms with E-state index in [2.05, 4.69) is 4.72 Å². The van der Waals surface area contributed by atoms with Crippen molar-refractivity contribution in [2.45, 2.75) is 44.2 Å². The van der Waals surface area contributed by atoms with Gasteiger partial charge in [-0.15, -0.1) is 0 Å². The SMILES string of the molecule is CC(C)OCCCCNS(=O)(=O)c1cc(CN)n(C)c1. The van der Waals surface area contributed by atoms with E-state index >= 15 is 0 Å². The number of hydrogen-bond acceptors (Lipinski definition) is 4. The Hall–Kier alpha value is -0.890. The van der Waals surface area contributed by atoms with Gasteiger partial charge in [0.2, 0.25) is 10.0 Å². The molecule has 116 valence electrons. The van der Waals surface area contributed by atoms with Crippen LogP contribution in [0, 0.1) is 0 Å². The highest BCUT2D eigenvalue weighted by molar-refractivity contribution is 7.89. The van der Waals surface area contributed by atoms with E-state index < -0.39 is 10.0 Å². The maximum Gasteiger partial charge on any atom is 0.242 e. The molecule has 1 aromatic heterocycles.